The lowest BCUT2D eigenvalue weighted by Crippen LogP contribution is -2.48. The summed E-state index contributed by atoms with van der Waals surface area (Å²) >= 11 is 3.37. The van der Waals surface area contributed by atoms with Gasteiger partial charge in [-0.3, -0.25) is 0 Å². The topological polar surface area (TPSA) is 46.2 Å². The first-order valence-electron chi connectivity index (χ1n) is 6.44. The van der Waals surface area contributed by atoms with Crippen LogP contribution in [0.4, 0.5) is 0 Å². The zero-order valence-corrected chi connectivity index (χ0v) is 14.1. The molecule has 0 saturated carbocycles. The van der Waals surface area contributed by atoms with E-state index in [1.54, 1.807) is 0 Å². The van der Waals surface area contributed by atoms with E-state index in [1.807, 2.05) is 51.1 Å². The quantitative estimate of drug-likeness (QED) is 0.769. The molecule has 0 fully saturated rings. The third-order valence-electron chi connectivity index (χ3n) is 3.32. The van der Waals surface area contributed by atoms with Gasteiger partial charge in [0.05, 0.1) is 5.75 Å². The first-order chi connectivity index (χ1) is 8.82. The molecule has 2 atom stereocenters. The van der Waals surface area contributed by atoms with Crippen molar-refractivity contribution < 1.29 is 8.42 Å². The molecule has 3 nitrogen and oxygen atoms in total. The highest BCUT2D eigenvalue weighted by Gasteiger charge is 2.28. The summed E-state index contributed by atoms with van der Waals surface area (Å²) in [6, 6.07) is 9.72. The van der Waals surface area contributed by atoms with Crippen LogP contribution in [0.1, 0.15) is 38.7 Å². The van der Waals surface area contributed by atoms with Gasteiger partial charge in [-0.05, 0) is 24.8 Å². The fourth-order valence-corrected chi connectivity index (χ4v) is 4.44. The lowest BCUT2D eigenvalue weighted by atomic mass is 10.0. The van der Waals surface area contributed by atoms with E-state index in [4.69, 9.17) is 0 Å². The molecule has 0 aliphatic heterocycles. The molecule has 2 unspecified atom stereocenters. The SMILES string of the molecule is CCC(C)(CBr)NS(=O)(=O)CC(C)c1ccccc1. The molecule has 0 radical (unpaired) electrons. The van der Waals surface area contributed by atoms with Crippen molar-refractivity contribution >= 4 is 26.0 Å². The van der Waals surface area contributed by atoms with Gasteiger partial charge in [0.25, 0.3) is 0 Å². The fraction of sp³-hybridized carbons (Fsp3) is 0.571. The zero-order chi connectivity index (χ0) is 14.5. The van der Waals surface area contributed by atoms with Gasteiger partial charge in [-0.1, -0.05) is 60.1 Å². The van der Waals surface area contributed by atoms with Crippen molar-refractivity contribution in [2.45, 2.75) is 38.6 Å². The number of halogens is 1. The molecule has 0 saturated heterocycles. The minimum atomic E-state index is -3.29. The Labute approximate surface area is 125 Å². The highest BCUT2D eigenvalue weighted by atomic mass is 79.9. The summed E-state index contributed by atoms with van der Waals surface area (Å²) in [4.78, 5) is 0. The predicted octanol–water partition coefficient (Wildman–Crippen LogP) is 3.27. The molecule has 1 aromatic rings. The lowest BCUT2D eigenvalue weighted by Gasteiger charge is -2.27. The maximum Gasteiger partial charge on any atom is 0.212 e. The molecule has 0 aliphatic carbocycles. The summed E-state index contributed by atoms with van der Waals surface area (Å²) in [6.07, 6.45) is 0.747. The van der Waals surface area contributed by atoms with Crippen molar-refractivity contribution in [1.29, 1.82) is 0 Å². The number of rotatable bonds is 7. The van der Waals surface area contributed by atoms with E-state index in [2.05, 4.69) is 20.7 Å². The predicted molar refractivity (Wildman–Crippen MR) is 84.3 cm³/mol. The summed E-state index contributed by atoms with van der Waals surface area (Å²) in [5.74, 6) is 0.0923. The molecular weight excluding hydrogens is 326 g/mol. The van der Waals surface area contributed by atoms with E-state index in [1.165, 1.54) is 0 Å². The van der Waals surface area contributed by atoms with Crippen molar-refractivity contribution in [3.63, 3.8) is 0 Å². The first-order valence-corrected chi connectivity index (χ1v) is 9.22. The minimum absolute atomic E-state index is 0.0184. The molecule has 0 spiro atoms. The van der Waals surface area contributed by atoms with Crippen LogP contribution in [0.2, 0.25) is 0 Å². The number of benzene rings is 1. The maximum absolute atomic E-state index is 12.2. The average molecular weight is 348 g/mol. The summed E-state index contributed by atoms with van der Waals surface area (Å²) in [7, 11) is -3.29. The smallest absolute Gasteiger partial charge is 0.212 e. The van der Waals surface area contributed by atoms with E-state index in [0.29, 0.717) is 5.33 Å². The van der Waals surface area contributed by atoms with Gasteiger partial charge < -0.3 is 0 Å². The van der Waals surface area contributed by atoms with E-state index in [9.17, 15) is 8.42 Å². The molecule has 0 aliphatic rings. The highest BCUT2D eigenvalue weighted by molar-refractivity contribution is 9.09. The molecule has 5 heteroatoms. The number of hydrogen-bond donors (Lipinski definition) is 1. The summed E-state index contributed by atoms with van der Waals surface area (Å²) < 4.78 is 27.2. The van der Waals surface area contributed by atoms with Crippen LogP contribution < -0.4 is 4.72 Å². The maximum atomic E-state index is 12.2. The van der Waals surface area contributed by atoms with Crippen LogP contribution in [0.25, 0.3) is 0 Å². The Morgan fingerprint density at radius 2 is 1.89 bits per heavy atom. The van der Waals surface area contributed by atoms with Gasteiger partial charge >= 0.3 is 0 Å². The normalized spacial score (nSPS) is 16.8. The molecule has 0 bridgehead atoms. The second kappa shape index (κ2) is 6.86. The molecule has 0 heterocycles. The Hall–Kier alpha value is -0.390. The molecule has 108 valence electrons. The molecule has 1 N–H and O–H groups in total. The van der Waals surface area contributed by atoms with Gasteiger partial charge in [-0.15, -0.1) is 0 Å². The highest BCUT2D eigenvalue weighted by Crippen LogP contribution is 2.19. The van der Waals surface area contributed by atoms with Gasteiger partial charge in [-0.2, -0.15) is 0 Å². The number of sulfonamides is 1. The molecule has 1 rings (SSSR count). The van der Waals surface area contributed by atoms with E-state index < -0.39 is 15.6 Å². The Bertz CT molecular complexity index is 483. The van der Waals surface area contributed by atoms with Gasteiger partial charge in [0.2, 0.25) is 10.0 Å². The molecule has 19 heavy (non-hydrogen) atoms. The summed E-state index contributed by atoms with van der Waals surface area (Å²) in [6.45, 7) is 5.82. The van der Waals surface area contributed by atoms with Crippen molar-refractivity contribution in [2.75, 3.05) is 11.1 Å². The van der Waals surface area contributed by atoms with Crippen LogP contribution in [-0.4, -0.2) is 25.0 Å². The Morgan fingerprint density at radius 3 is 2.37 bits per heavy atom. The van der Waals surface area contributed by atoms with Crippen molar-refractivity contribution in [2.24, 2.45) is 0 Å². The molecular formula is C14H22BrNO2S. The Kier molecular flexibility index (Phi) is 6.02. The molecule has 0 aromatic heterocycles. The average Bonchev–Trinajstić information content (AvgIpc) is 2.38. The number of hydrogen-bond acceptors (Lipinski definition) is 2. The largest absolute Gasteiger partial charge is 0.212 e. The van der Waals surface area contributed by atoms with Gasteiger partial charge in [0.1, 0.15) is 0 Å². The lowest BCUT2D eigenvalue weighted by molar-refractivity contribution is 0.448. The monoisotopic (exact) mass is 347 g/mol. The minimum Gasteiger partial charge on any atom is -0.212 e. The van der Waals surface area contributed by atoms with Crippen LogP contribution in [0.15, 0.2) is 30.3 Å². The van der Waals surface area contributed by atoms with Crippen molar-refractivity contribution in [3.05, 3.63) is 35.9 Å². The van der Waals surface area contributed by atoms with E-state index in [-0.39, 0.29) is 11.7 Å². The molecule has 0 amide bonds. The summed E-state index contributed by atoms with van der Waals surface area (Å²) in [5, 5.41) is 0.607. The van der Waals surface area contributed by atoms with Crippen LogP contribution >= 0.6 is 15.9 Å². The van der Waals surface area contributed by atoms with Gasteiger partial charge in [0, 0.05) is 10.9 Å². The van der Waals surface area contributed by atoms with Crippen molar-refractivity contribution in [1.82, 2.24) is 4.72 Å². The van der Waals surface area contributed by atoms with Crippen LogP contribution in [0, 0.1) is 0 Å². The summed E-state index contributed by atoms with van der Waals surface area (Å²) in [5.41, 5.74) is 0.625. The second-order valence-corrected chi connectivity index (χ2v) is 7.57. The Balaban J connectivity index is 2.75. The Morgan fingerprint density at radius 1 is 1.32 bits per heavy atom. The third kappa shape index (κ3) is 5.24. The van der Waals surface area contributed by atoms with Crippen LogP contribution in [-0.2, 0) is 10.0 Å². The van der Waals surface area contributed by atoms with Crippen LogP contribution in [0.3, 0.4) is 0 Å². The second-order valence-electron chi connectivity index (χ2n) is 5.24. The number of alkyl halides is 1. The third-order valence-corrected chi connectivity index (χ3v) is 6.30. The fourth-order valence-electron chi connectivity index (χ4n) is 1.82. The molecule has 1 aromatic carbocycles. The van der Waals surface area contributed by atoms with Crippen LogP contribution in [0.5, 0.6) is 0 Å². The van der Waals surface area contributed by atoms with Gasteiger partial charge in [-0.25, -0.2) is 13.1 Å². The van der Waals surface area contributed by atoms with Crippen molar-refractivity contribution in [3.8, 4) is 0 Å². The van der Waals surface area contributed by atoms with E-state index >= 15 is 0 Å². The number of nitrogens with one attached hydrogen (secondary N) is 1. The van der Waals surface area contributed by atoms with E-state index in [0.717, 1.165) is 12.0 Å². The zero-order valence-electron chi connectivity index (χ0n) is 11.7. The first kappa shape index (κ1) is 16.7. The standard InChI is InChI=1S/C14H22BrNO2S/c1-4-14(3,11-15)16-19(17,18)10-12(2)13-8-6-5-7-9-13/h5-9,12,16H,4,10-11H2,1-3H3. The van der Waals surface area contributed by atoms with Gasteiger partial charge in [0.15, 0.2) is 0 Å².